The average molecular weight is 280 g/mol. The molecule has 0 heteroatoms. The number of hydrogen-bond acceptors (Lipinski definition) is 0. The molecule has 5 rings (SSSR count). The molecule has 0 aromatic heterocycles. The van der Waals surface area contributed by atoms with Crippen molar-refractivity contribution in [3.63, 3.8) is 0 Å². The maximum atomic E-state index is 2.32. The molecule has 0 atom stereocenters. The zero-order valence-corrected chi connectivity index (χ0v) is 12.3. The minimum absolute atomic E-state index is 1.14. The lowest BCUT2D eigenvalue weighted by atomic mass is 9.80. The Morgan fingerprint density at radius 2 is 0.909 bits per heavy atom. The summed E-state index contributed by atoms with van der Waals surface area (Å²) in [7, 11) is 0. The molecule has 104 valence electrons. The topological polar surface area (TPSA) is 0 Å². The second-order valence-electron chi connectivity index (χ2n) is 6.14. The molecular weight excluding hydrogens is 264 g/mol. The van der Waals surface area contributed by atoms with E-state index in [4.69, 9.17) is 0 Å². The SMILES string of the molecule is c1ccc2c3c(ccc2c1)CCc1ccc2ccccc2c1-3. The minimum atomic E-state index is 1.14. The van der Waals surface area contributed by atoms with Crippen molar-refractivity contribution in [2.75, 3.05) is 0 Å². The molecule has 0 nitrogen and oxygen atoms in total. The highest BCUT2D eigenvalue weighted by molar-refractivity contribution is 6.08. The normalized spacial score (nSPS) is 13.1. The van der Waals surface area contributed by atoms with Crippen LogP contribution in [-0.2, 0) is 12.8 Å². The van der Waals surface area contributed by atoms with Gasteiger partial charge in [0.15, 0.2) is 0 Å². The smallest absolute Gasteiger partial charge is 0.00642 e. The Hall–Kier alpha value is -2.60. The van der Waals surface area contributed by atoms with Gasteiger partial charge in [-0.05, 0) is 56.6 Å². The van der Waals surface area contributed by atoms with Gasteiger partial charge in [-0.3, -0.25) is 0 Å². The summed E-state index contributed by atoms with van der Waals surface area (Å²) in [4.78, 5) is 0. The van der Waals surface area contributed by atoms with Crippen molar-refractivity contribution in [2.45, 2.75) is 12.8 Å². The van der Waals surface area contributed by atoms with Crippen LogP contribution in [0.2, 0.25) is 0 Å². The Morgan fingerprint density at radius 1 is 0.455 bits per heavy atom. The second kappa shape index (κ2) is 4.45. The molecule has 0 N–H and O–H groups in total. The first-order valence-corrected chi connectivity index (χ1v) is 7.93. The van der Waals surface area contributed by atoms with Crippen molar-refractivity contribution >= 4 is 21.5 Å². The van der Waals surface area contributed by atoms with Crippen molar-refractivity contribution in [3.05, 3.63) is 83.9 Å². The summed E-state index contributed by atoms with van der Waals surface area (Å²) in [6.07, 6.45) is 2.29. The third-order valence-electron chi connectivity index (χ3n) is 4.94. The Labute approximate surface area is 130 Å². The monoisotopic (exact) mass is 280 g/mol. The van der Waals surface area contributed by atoms with Gasteiger partial charge in [0.25, 0.3) is 0 Å². The summed E-state index contributed by atoms with van der Waals surface area (Å²) in [5, 5.41) is 5.44. The lowest BCUT2D eigenvalue weighted by molar-refractivity contribution is 0.948. The molecule has 0 amide bonds. The van der Waals surface area contributed by atoms with Gasteiger partial charge in [0, 0.05) is 0 Å². The molecule has 0 fully saturated rings. The van der Waals surface area contributed by atoms with Gasteiger partial charge < -0.3 is 0 Å². The first-order valence-electron chi connectivity index (χ1n) is 7.93. The van der Waals surface area contributed by atoms with Crippen molar-refractivity contribution < 1.29 is 0 Å². The van der Waals surface area contributed by atoms with Gasteiger partial charge in [0.05, 0.1) is 0 Å². The van der Waals surface area contributed by atoms with Gasteiger partial charge in [-0.2, -0.15) is 0 Å². The Bertz CT molecular complexity index is 939. The number of fused-ring (bicyclic) bond motifs is 7. The maximum Gasteiger partial charge on any atom is -0.00642 e. The first-order chi connectivity index (χ1) is 10.9. The minimum Gasteiger partial charge on any atom is -0.0616 e. The molecule has 0 unspecified atom stereocenters. The molecule has 4 aromatic carbocycles. The number of hydrogen-bond donors (Lipinski definition) is 0. The fraction of sp³-hybridized carbons (Fsp3) is 0.0909. The molecule has 0 saturated carbocycles. The summed E-state index contributed by atoms with van der Waals surface area (Å²) in [6.45, 7) is 0. The predicted octanol–water partition coefficient (Wildman–Crippen LogP) is 5.76. The van der Waals surface area contributed by atoms with E-state index in [9.17, 15) is 0 Å². The zero-order chi connectivity index (χ0) is 14.5. The summed E-state index contributed by atoms with van der Waals surface area (Å²) >= 11 is 0. The average Bonchev–Trinajstić information content (AvgIpc) is 2.60. The standard InChI is InChI=1S/C22H16/c1-3-7-19-15(5-1)9-11-17-13-14-18-12-10-16-6-2-4-8-20(16)22(18)21(17)19/h1-12H,13-14H2. The van der Waals surface area contributed by atoms with Gasteiger partial charge in [0.2, 0.25) is 0 Å². The summed E-state index contributed by atoms with van der Waals surface area (Å²) < 4.78 is 0. The number of rotatable bonds is 0. The second-order valence-corrected chi connectivity index (χ2v) is 6.14. The largest absolute Gasteiger partial charge is 0.0616 e. The molecule has 0 aliphatic heterocycles. The Morgan fingerprint density at radius 3 is 1.41 bits per heavy atom. The van der Waals surface area contributed by atoms with Crippen molar-refractivity contribution in [2.24, 2.45) is 0 Å². The van der Waals surface area contributed by atoms with Crippen LogP contribution in [-0.4, -0.2) is 0 Å². The molecule has 0 bridgehead atoms. The van der Waals surface area contributed by atoms with Crippen LogP contribution in [0.4, 0.5) is 0 Å². The number of benzene rings is 4. The maximum absolute atomic E-state index is 2.32. The van der Waals surface area contributed by atoms with Gasteiger partial charge in [-0.15, -0.1) is 0 Å². The van der Waals surface area contributed by atoms with E-state index in [2.05, 4.69) is 72.8 Å². The Balaban J connectivity index is 2.00. The van der Waals surface area contributed by atoms with E-state index in [1.807, 2.05) is 0 Å². The van der Waals surface area contributed by atoms with Crippen LogP contribution in [0.3, 0.4) is 0 Å². The van der Waals surface area contributed by atoms with Gasteiger partial charge >= 0.3 is 0 Å². The molecule has 1 aliphatic carbocycles. The van der Waals surface area contributed by atoms with E-state index in [1.165, 1.54) is 43.8 Å². The zero-order valence-electron chi connectivity index (χ0n) is 12.3. The van der Waals surface area contributed by atoms with Crippen LogP contribution in [0.25, 0.3) is 32.7 Å². The van der Waals surface area contributed by atoms with Crippen LogP contribution < -0.4 is 0 Å². The first kappa shape index (κ1) is 12.0. The highest BCUT2D eigenvalue weighted by Crippen LogP contribution is 2.42. The quantitative estimate of drug-likeness (QED) is 0.384. The van der Waals surface area contributed by atoms with Crippen LogP contribution in [0.5, 0.6) is 0 Å². The van der Waals surface area contributed by atoms with E-state index >= 15 is 0 Å². The van der Waals surface area contributed by atoms with E-state index in [0.717, 1.165) is 12.8 Å². The van der Waals surface area contributed by atoms with Gasteiger partial charge in [-0.1, -0.05) is 72.8 Å². The fourth-order valence-corrected chi connectivity index (χ4v) is 3.91. The van der Waals surface area contributed by atoms with E-state index in [1.54, 1.807) is 0 Å². The molecular formula is C22H16. The molecule has 0 radical (unpaired) electrons. The summed E-state index contributed by atoms with van der Waals surface area (Å²) in [5.41, 5.74) is 5.89. The van der Waals surface area contributed by atoms with Crippen molar-refractivity contribution in [3.8, 4) is 11.1 Å². The molecule has 0 saturated heterocycles. The van der Waals surface area contributed by atoms with Crippen LogP contribution >= 0.6 is 0 Å². The molecule has 1 aliphatic rings. The van der Waals surface area contributed by atoms with Gasteiger partial charge in [-0.25, -0.2) is 0 Å². The van der Waals surface area contributed by atoms with Crippen LogP contribution in [0.15, 0.2) is 72.8 Å². The third kappa shape index (κ3) is 1.58. The summed E-state index contributed by atoms with van der Waals surface area (Å²) in [6, 6.07) is 26.7. The number of aryl methyl sites for hydroxylation is 2. The highest BCUT2D eigenvalue weighted by atomic mass is 14.2. The van der Waals surface area contributed by atoms with Crippen molar-refractivity contribution in [1.29, 1.82) is 0 Å². The third-order valence-corrected chi connectivity index (χ3v) is 4.94. The molecule has 22 heavy (non-hydrogen) atoms. The van der Waals surface area contributed by atoms with Gasteiger partial charge in [0.1, 0.15) is 0 Å². The fourth-order valence-electron chi connectivity index (χ4n) is 3.91. The highest BCUT2D eigenvalue weighted by Gasteiger charge is 2.20. The van der Waals surface area contributed by atoms with Crippen LogP contribution in [0.1, 0.15) is 11.1 Å². The molecule has 0 spiro atoms. The van der Waals surface area contributed by atoms with Crippen molar-refractivity contribution in [1.82, 2.24) is 0 Å². The van der Waals surface area contributed by atoms with Crippen LogP contribution in [0, 0.1) is 0 Å². The molecule has 4 aromatic rings. The summed E-state index contributed by atoms with van der Waals surface area (Å²) in [5.74, 6) is 0. The predicted molar refractivity (Wildman–Crippen MR) is 94.3 cm³/mol. The molecule has 0 heterocycles. The van der Waals surface area contributed by atoms with E-state index in [0.29, 0.717) is 0 Å². The van der Waals surface area contributed by atoms with E-state index < -0.39 is 0 Å². The van der Waals surface area contributed by atoms with E-state index in [-0.39, 0.29) is 0 Å². The lowest BCUT2D eigenvalue weighted by Gasteiger charge is -2.23. The lowest BCUT2D eigenvalue weighted by Crippen LogP contribution is -2.05. The Kier molecular flexibility index (Phi) is 2.42.